The van der Waals surface area contributed by atoms with Gasteiger partial charge in [-0.2, -0.15) is 0 Å². The Hall–Kier alpha value is -1.24. The van der Waals surface area contributed by atoms with E-state index < -0.39 is 23.3 Å². The summed E-state index contributed by atoms with van der Waals surface area (Å²) in [6.07, 6.45) is 7.40. The van der Waals surface area contributed by atoms with Gasteiger partial charge < -0.3 is 15.5 Å². The van der Waals surface area contributed by atoms with Gasteiger partial charge in [0, 0.05) is 25.9 Å². The highest BCUT2D eigenvalue weighted by Crippen LogP contribution is 2.38. The molecule has 0 spiro atoms. The average Bonchev–Trinajstić information content (AvgIpc) is 3.04. The molecule has 1 heterocycles. The predicted octanol–water partition coefficient (Wildman–Crippen LogP) is 3.09. The molecule has 2 atom stereocenters. The highest BCUT2D eigenvalue weighted by atomic mass is 19.3. The first-order chi connectivity index (χ1) is 13.3. The summed E-state index contributed by atoms with van der Waals surface area (Å²) in [5.74, 6) is -4.30. The summed E-state index contributed by atoms with van der Waals surface area (Å²) >= 11 is 0. The van der Waals surface area contributed by atoms with Crippen molar-refractivity contribution in [2.45, 2.75) is 82.1 Å². The summed E-state index contributed by atoms with van der Waals surface area (Å²) in [7, 11) is 2.07. The van der Waals surface area contributed by atoms with Gasteiger partial charge >= 0.3 is 0 Å². The molecule has 3 aliphatic rings. The number of halogens is 2. The molecular formula is C21H35F2N3O2. The van der Waals surface area contributed by atoms with Crippen molar-refractivity contribution in [1.82, 2.24) is 15.5 Å². The van der Waals surface area contributed by atoms with E-state index in [2.05, 4.69) is 22.6 Å². The molecule has 1 aliphatic heterocycles. The van der Waals surface area contributed by atoms with Gasteiger partial charge in [-0.15, -0.1) is 0 Å². The van der Waals surface area contributed by atoms with E-state index in [9.17, 15) is 18.4 Å². The number of hydrogen-bond donors (Lipinski definition) is 2. The molecule has 2 unspecified atom stereocenters. The van der Waals surface area contributed by atoms with Crippen LogP contribution in [0.15, 0.2) is 0 Å². The summed E-state index contributed by atoms with van der Waals surface area (Å²) in [5.41, 5.74) is -0.487. The Morgan fingerprint density at radius 2 is 1.75 bits per heavy atom. The maximum absolute atomic E-state index is 14.1. The van der Waals surface area contributed by atoms with E-state index in [1.807, 2.05) is 0 Å². The zero-order valence-electron chi connectivity index (χ0n) is 17.1. The van der Waals surface area contributed by atoms with Gasteiger partial charge in [0.05, 0.1) is 5.54 Å². The zero-order valence-corrected chi connectivity index (χ0v) is 17.1. The largest absolute Gasteiger partial charge is 0.353 e. The number of likely N-dealkylation sites (tertiary alicyclic amines) is 1. The molecule has 0 aromatic heterocycles. The number of carbonyl (C=O) groups excluding carboxylic acids is 2. The molecule has 3 rings (SSSR count). The number of amides is 2. The van der Waals surface area contributed by atoms with Crippen LogP contribution in [0.2, 0.25) is 0 Å². The van der Waals surface area contributed by atoms with Crippen LogP contribution in [0.5, 0.6) is 0 Å². The Bertz CT molecular complexity index is 564. The van der Waals surface area contributed by atoms with Crippen LogP contribution in [-0.2, 0) is 9.59 Å². The van der Waals surface area contributed by atoms with E-state index in [-0.39, 0.29) is 25.3 Å². The van der Waals surface area contributed by atoms with Gasteiger partial charge in [-0.05, 0) is 51.6 Å². The fraction of sp³-hybridized carbons (Fsp3) is 0.905. The van der Waals surface area contributed by atoms with Gasteiger partial charge in [0.2, 0.25) is 11.8 Å². The Morgan fingerprint density at radius 1 is 1.04 bits per heavy atom. The lowest BCUT2D eigenvalue weighted by Crippen LogP contribution is -2.58. The summed E-state index contributed by atoms with van der Waals surface area (Å²) < 4.78 is 28.2. The second-order valence-electron chi connectivity index (χ2n) is 9.29. The van der Waals surface area contributed by atoms with Crippen molar-refractivity contribution in [2.75, 3.05) is 26.7 Å². The van der Waals surface area contributed by atoms with Crippen molar-refractivity contribution < 1.29 is 18.4 Å². The summed E-state index contributed by atoms with van der Waals surface area (Å²) in [6, 6.07) is 0. The molecule has 0 bridgehead atoms. The van der Waals surface area contributed by atoms with Crippen LogP contribution in [0, 0.1) is 11.8 Å². The van der Waals surface area contributed by atoms with Gasteiger partial charge in [0.1, 0.15) is 5.92 Å². The number of nitrogens with one attached hydrogen (secondary N) is 2. The first-order valence-electron chi connectivity index (χ1n) is 10.9. The van der Waals surface area contributed by atoms with Gasteiger partial charge in [-0.25, -0.2) is 8.78 Å². The third-order valence-electron chi connectivity index (χ3n) is 6.86. The molecule has 2 saturated carbocycles. The van der Waals surface area contributed by atoms with E-state index in [0.717, 1.165) is 51.6 Å². The van der Waals surface area contributed by atoms with E-state index in [4.69, 9.17) is 0 Å². The van der Waals surface area contributed by atoms with Crippen LogP contribution >= 0.6 is 0 Å². The van der Waals surface area contributed by atoms with Crippen molar-refractivity contribution in [3.05, 3.63) is 0 Å². The monoisotopic (exact) mass is 399 g/mol. The third-order valence-corrected chi connectivity index (χ3v) is 6.86. The first-order valence-corrected chi connectivity index (χ1v) is 10.9. The van der Waals surface area contributed by atoms with Gasteiger partial charge in [-0.1, -0.05) is 25.7 Å². The molecule has 0 aromatic rings. The fourth-order valence-corrected chi connectivity index (χ4v) is 5.17. The molecule has 2 N–H and O–H groups in total. The fourth-order valence-electron chi connectivity index (χ4n) is 5.17. The lowest BCUT2D eigenvalue weighted by molar-refractivity contribution is -0.146. The number of alkyl halides is 2. The molecule has 7 heteroatoms. The summed E-state index contributed by atoms with van der Waals surface area (Å²) in [4.78, 5) is 27.4. The molecule has 2 aliphatic carbocycles. The Kier molecular flexibility index (Phi) is 6.94. The van der Waals surface area contributed by atoms with Crippen LogP contribution in [0.1, 0.15) is 70.6 Å². The van der Waals surface area contributed by atoms with Crippen LogP contribution in [0.4, 0.5) is 8.78 Å². The van der Waals surface area contributed by atoms with Crippen molar-refractivity contribution in [3.63, 3.8) is 0 Å². The van der Waals surface area contributed by atoms with Crippen molar-refractivity contribution in [2.24, 2.45) is 11.8 Å². The first kappa shape index (κ1) is 21.5. The minimum absolute atomic E-state index is 0.0273. The summed E-state index contributed by atoms with van der Waals surface area (Å²) in [5, 5.41) is 5.98. The van der Waals surface area contributed by atoms with Crippen LogP contribution in [0.3, 0.4) is 0 Å². The molecule has 2 amide bonds. The van der Waals surface area contributed by atoms with E-state index in [1.54, 1.807) is 0 Å². The quantitative estimate of drug-likeness (QED) is 0.722. The van der Waals surface area contributed by atoms with E-state index >= 15 is 0 Å². The molecule has 5 nitrogen and oxygen atoms in total. The predicted molar refractivity (Wildman–Crippen MR) is 104 cm³/mol. The number of carbonyl (C=O) groups is 2. The molecule has 28 heavy (non-hydrogen) atoms. The molecule has 3 fully saturated rings. The minimum atomic E-state index is -2.92. The van der Waals surface area contributed by atoms with Crippen LogP contribution in [-0.4, -0.2) is 54.9 Å². The average molecular weight is 400 g/mol. The zero-order chi connectivity index (χ0) is 20.2. The minimum Gasteiger partial charge on any atom is -0.353 e. The lowest BCUT2D eigenvalue weighted by atomic mass is 9.80. The molecular weight excluding hydrogens is 364 g/mol. The number of nitrogens with zero attached hydrogens (tertiary/aromatic N) is 1. The second kappa shape index (κ2) is 9.06. The summed E-state index contributed by atoms with van der Waals surface area (Å²) in [6.45, 7) is 2.22. The van der Waals surface area contributed by atoms with E-state index in [0.29, 0.717) is 25.2 Å². The normalized spacial score (nSPS) is 30.0. The molecule has 0 radical (unpaired) electrons. The highest BCUT2D eigenvalue weighted by molar-refractivity contribution is 5.80. The standard InChI is InChI=1S/C21H35F2N3O2/c1-26-12-8-16(14-26)13-18(27)25-20(9-4-2-5-10-20)15-24-19(28)17-7-3-6-11-21(17,22)23/h16-17H,2-15H2,1H3,(H,24,28)(H,25,27). The Morgan fingerprint density at radius 3 is 2.39 bits per heavy atom. The lowest BCUT2D eigenvalue weighted by Gasteiger charge is -2.39. The molecule has 1 saturated heterocycles. The topological polar surface area (TPSA) is 61.4 Å². The van der Waals surface area contributed by atoms with Crippen molar-refractivity contribution >= 4 is 11.8 Å². The van der Waals surface area contributed by atoms with Crippen LogP contribution < -0.4 is 10.6 Å². The maximum atomic E-state index is 14.1. The Labute approximate surface area is 167 Å². The third kappa shape index (κ3) is 5.43. The van der Waals surface area contributed by atoms with Gasteiger partial charge in [-0.3, -0.25) is 9.59 Å². The maximum Gasteiger partial charge on any atom is 0.259 e. The van der Waals surface area contributed by atoms with Gasteiger partial charge in [0.25, 0.3) is 5.92 Å². The van der Waals surface area contributed by atoms with Crippen LogP contribution in [0.25, 0.3) is 0 Å². The second-order valence-corrected chi connectivity index (χ2v) is 9.29. The number of rotatable bonds is 6. The van der Waals surface area contributed by atoms with Gasteiger partial charge in [0.15, 0.2) is 0 Å². The SMILES string of the molecule is CN1CCC(CC(=O)NC2(CNC(=O)C3CCCCC3(F)F)CCCCC2)C1. The number of hydrogen-bond acceptors (Lipinski definition) is 3. The highest BCUT2D eigenvalue weighted by Gasteiger charge is 2.46. The van der Waals surface area contributed by atoms with E-state index in [1.165, 1.54) is 0 Å². The Balaban J connectivity index is 1.56. The van der Waals surface area contributed by atoms with Crippen molar-refractivity contribution in [3.8, 4) is 0 Å². The van der Waals surface area contributed by atoms with Crippen molar-refractivity contribution in [1.29, 1.82) is 0 Å². The smallest absolute Gasteiger partial charge is 0.259 e. The molecule has 0 aromatic carbocycles. The molecule has 160 valence electrons.